The average Bonchev–Trinajstić information content (AvgIpc) is 2.48. The number of carboxylic acids is 1. The highest BCUT2D eigenvalue weighted by molar-refractivity contribution is 9.10. The molecule has 1 atom stereocenters. The summed E-state index contributed by atoms with van der Waals surface area (Å²) < 4.78 is 0.761. The van der Waals surface area contributed by atoms with Crippen molar-refractivity contribution in [2.45, 2.75) is 45.1 Å². The highest BCUT2D eigenvalue weighted by Crippen LogP contribution is 2.21. The molecule has 1 aromatic carbocycles. The van der Waals surface area contributed by atoms with Gasteiger partial charge >= 0.3 is 0 Å². The number of amides is 1. The van der Waals surface area contributed by atoms with Gasteiger partial charge in [-0.15, -0.1) is 0 Å². The van der Waals surface area contributed by atoms with Gasteiger partial charge in [0.1, 0.15) is 6.04 Å². The Morgan fingerprint density at radius 2 is 2.00 bits per heavy atom. The summed E-state index contributed by atoms with van der Waals surface area (Å²) in [4.78, 5) is 23.1. The molecule has 3 N–H and O–H groups in total. The van der Waals surface area contributed by atoms with Gasteiger partial charge in [0, 0.05) is 4.47 Å². The Bertz CT molecular complexity index is 494. The van der Waals surface area contributed by atoms with Crippen molar-refractivity contribution in [3.8, 4) is 0 Å². The number of halogens is 1. The number of anilines is 1. The number of quaternary nitrogens is 1. The fourth-order valence-corrected chi connectivity index (χ4v) is 2.50. The molecule has 6 heteroatoms. The fraction of sp³-hybridized carbons (Fsp3) is 0.500. The van der Waals surface area contributed by atoms with Gasteiger partial charge in [-0.1, -0.05) is 31.9 Å². The van der Waals surface area contributed by atoms with Crippen LogP contribution in [0.2, 0.25) is 0 Å². The second-order valence-electron chi connectivity index (χ2n) is 5.24. The van der Waals surface area contributed by atoms with Crippen LogP contribution in [0.25, 0.3) is 0 Å². The number of para-hydroxylation sites is 1. The summed E-state index contributed by atoms with van der Waals surface area (Å²) in [6, 6.07) is 6.37. The molecule has 0 aromatic heterocycles. The topological polar surface area (TPSA) is 85.8 Å². The molecule has 122 valence electrons. The van der Waals surface area contributed by atoms with Crippen molar-refractivity contribution in [1.82, 2.24) is 0 Å². The van der Waals surface area contributed by atoms with E-state index in [1.165, 1.54) is 0 Å². The molecule has 0 bridgehead atoms. The third-order valence-corrected chi connectivity index (χ3v) is 4.06. The van der Waals surface area contributed by atoms with Crippen LogP contribution in [0.5, 0.6) is 0 Å². The number of unbranched alkanes of at least 4 members (excludes halogenated alkanes) is 3. The molecule has 0 unspecified atom stereocenters. The van der Waals surface area contributed by atoms with E-state index in [-0.39, 0.29) is 12.3 Å². The molecule has 1 rings (SSSR count). The molecule has 22 heavy (non-hydrogen) atoms. The van der Waals surface area contributed by atoms with Crippen molar-refractivity contribution in [3.63, 3.8) is 0 Å². The van der Waals surface area contributed by atoms with E-state index in [4.69, 9.17) is 0 Å². The molecule has 1 aromatic rings. The molecule has 0 fully saturated rings. The SMILES string of the molecule is CCCCCC[NH2+][C@H](CC(=O)Nc1ccccc1Br)C(=O)[O-]. The van der Waals surface area contributed by atoms with Gasteiger partial charge in [-0.25, -0.2) is 0 Å². The van der Waals surface area contributed by atoms with Crippen LogP contribution in [0.3, 0.4) is 0 Å². The molecule has 0 radical (unpaired) electrons. The van der Waals surface area contributed by atoms with Crippen LogP contribution in [-0.4, -0.2) is 24.5 Å². The Hall–Kier alpha value is -1.40. The van der Waals surface area contributed by atoms with E-state index in [1.54, 1.807) is 17.4 Å². The molecule has 5 nitrogen and oxygen atoms in total. The van der Waals surface area contributed by atoms with Crippen molar-refractivity contribution in [1.29, 1.82) is 0 Å². The monoisotopic (exact) mass is 370 g/mol. The quantitative estimate of drug-likeness (QED) is 0.603. The second kappa shape index (κ2) is 10.3. The second-order valence-corrected chi connectivity index (χ2v) is 6.10. The number of rotatable bonds is 10. The lowest BCUT2D eigenvalue weighted by atomic mass is 10.1. The summed E-state index contributed by atoms with van der Waals surface area (Å²) in [6.07, 6.45) is 4.21. The number of benzene rings is 1. The molecule has 0 aliphatic heterocycles. The first-order chi connectivity index (χ1) is 10.5. The predicted molar refractivity (Wildman–Crippen MR) is 87.1 cm³/mol. The zero-order chi connectivity index (χ0) is 16.4. The van der Waals surface area contributed by atoms with Gasteiger partial charge in [0.15, 0.2) is 0 Å². The third-order valence-electron chi connectivity index (χ3n) is 3.36. The fourth-order valence-electron chi connectivity index (χ4n) is 2.12. The van der Waals surface area contributed by atoms with E-state index < -0.39 is 12.0 Å². The number of aliphatic carboxylic acids is 1. The zero-order valence-electron chi connectivity index (χ0n) is 12.8. The maximum absolute atomic E-state index is 12.0. The van der Waals surface area contributed by atoms with Crippen LogP contribution in [0.15, 0.2) is 28.7 Å². The summed E-state index contributed by atoms with van der Waals surface area (Å²) in [5, 5.41) is 15.5. The minimum Gasteiger partial charge on any atom is -0.544 e. The summed E-state index contributed by atoms with van der Waals surface area (Å²) in [5.41, 5.74) is 0.632. The van der Waals surface area contributed by atoms with Crippen molar-refractivity contribution in [2.24, 2.45) is 0 Å². The van der Waals surface area contributed by atoms with Crippen LogP contribution in [0, 0.1) is 0 Å². The highest BCUT2D eigenvalue weighted by atomic mass is 79.9. The first kappa shape index (κ1) is 18.6. The van der Waals surface area contributed by atoms with Crippen molar-refractivity contribution < 1.29 is 20.0 Å². The number of carbonyl (C=O) groups excluding carboxylic acids is 2. The van der Waals surface area contributed by atoms with Crippen LogP contribution in [0.4, 0.5) is 5.69 Å². The molecule has 0 aliphatic carbocycles. The third kappa shape index (κ3) is 7.04. The maximum Gasteiger partial charge on any atom is 0.230 e. The largest absolute Gasteiger partial charge is 0.544 e. The summed E-state index contributed by atoms with van der Waals surface area (Å²) in [5.74, 6) is -1.52. The molecular formula is C16H23BrN2O3. The molecule has 1 amide bonds. The molecular weight excluding hydrogens is 348 g/mol. The minimum atomic E-state index is -1.20. The van der Waals surface area contributed by atoms with Crippen molar-refractivity contribution >= 4 is 33.5 Å². The Labute approximate surface area is 139 Å². The van der Waals surface area contributed by atoms with Gasteiger partial charge in [-0.3, -0.25) is 4.79 Å². The van der Waals surface area contributed by atoms with Crippen molar-refractivity contribution in [2.75, 3.05) is 11.9 Å². The number of nitrogens with one attached hydrogen (secondary N) is 1. The van der Waals surface area contributed by atoms with Crippen LogP contribution >= 0.6 is 15.9 Å². The first-order valence-corrected chi connectivity index (χ1v) is 8.42. The van der Waals surface area contributed by atoms with E-state index in [0.717, 1.165) is 30.2 Å². The van der Waals surface area contributed by atoms with Crippen molar-refractivity contribution in [3.05, 3.63) is 28.7 Å². The smallest absolute Gasteiger partial charge is 0.230 e. The highest BCUT2D eigenvalue weighted by Gasteiger charge is 2.18. The minimum absolute atomic E-state index is 0.0998. The lowest BCUT2D eigenvalue weighted by Crippen LogP contribution is -2.93. The number of hydrogen-bond donors (Lipinski definition) is 2. The summed E-state index contributed by atoms with van der Waals surface area (Å²) in [6.45, 7) is 2.82. The number of carboxylic acid groups (broad SMARTS) is 1. The number of nitrogens with two attached hydrogens (primary N) is 1. The van der Waals surface area contributed by atoms with Gasteiger partial charge in [-0.2, -0.15) is 0 Å². The normalized spacial score (nSPS) is 11.9. The molecule has 0 heterocycles. The predicted octanol–water partition coefficient (Wildman–Crippen LogP) is 1.04. The molecule has 0 aliphatic rings. The van der Waals surface area contributed by atoms with E-state index in [0.29, 0.717) is 12.2 Å². The number of carbonyl (C=O) groups is 2. The first-order valence-electron chi connectivity index (χ1n) is 7.63. The summed E-state index contributed by atoms with van der Waals surface area (Å²) in [7, 11) is 0. The Kier molecular flexibility index (Phi) is 8.77. The Morgan fingerprint density at radius 3 is 2.64 bits per heavy atom. The standard InChI is InChI=1S/C16H23BrN2O3/c1-2-3-4-7-10-18-14(16(21)22)11-15(20)19-13-9-6-5-8-12(13)17/h5-6,8-9,14,18H,2-4,7,10-11H2,1H3,(H,19,20)(H,21,22)/t14-/m1/s1. The molecule has 0 saturated carbocycles. The van der Waals surface area contributed by atoms with E-state index >= 15 is 0 Å². The van der Waals surface area contributed by atoms with Gasteiger partial charge < -0.3 is 20.5 Å². The van der Waals surface area contributed by atoms with E-state index in [2.05, 4.69) is 28.2 Å². The summed E-state index contributed by atoms with van der Waals surface area (Å²) >= 11 is 3.33. The lowest BCUT2D eigenvalue weighted by Gasteiger charge is -2.16. The maximum atomic E-state index is 12.0. The Balaban J connectivity index is 2.44. The van der Waals surface area contributed by atoms with Crippen LogP contribution < -0.4 is 15.7 Å². The van der Waals surface area contributed by atoms with Gasteiger partial charge in [-0.05, 0) is 40.9 Å². The zero-order valence-corrected chi connectivity index (χ0v) is 14.4. The lowest BCUT2D eigenvalue weighted by molar-refractivity contribution is -0.682. The number of hydrogen-bond acceptors (Lipinski definition) is 3. The van der Waals surface area contributed by atoms with Crippen LogP contribution in [0.1, 0.15) is 39.0 Å². The van der Waals surface area contributed by atoms with E-state index in [1.807, 2.05) is 12.1 Å². The van der Waals surface area contributed by atoms with E-state index in [9.17, 15) is 14.7 Å². The Morgan fingerprint density at radius 1 is 1.27 bits per heavy atom. The molecule has 0 spiro atoms. The average molecular weight is 371 g/mol. The van der Waals surface area contributed by atoms with Gasteiger partial charge in [0.2, 0.25) is 5.91 Å². The van der Waals surface area contributed by atoms with Gasteiger partial charge in [0.05, 0.1) is 24.6 Å². The molecule has 0 saturated heterocycles. The van der Waals surface area contributed by atoms with Crippen LogP contribution in [-0.2, 0) is 9.59 Å². The van der Waals surface area contributed by atoms with Gasteiger partial charge in [0.25, 0.3) is 0 Å².